The maximum absolute atomic E-state index is 12.2. The summed E-state index contributed by atoms with van der Waals surface area (Å²) in [7, 11) is -15.6. The van der Waals surface area contributed by atoms with Crippen molar-refractivity contribution in [2.75, 3.05) is 68.5 Å². The zero-order valence-electron chi connectivity index (χ0n) is 76.7. The molecule has 0 aliphatic carbocycles. The molecule has 10 aromatic carbocycles. The van der Waals surface area contributed by atoms with E-state index in [2.05, 4.69) is 22.8 Å². The average Bonchev–Trinajstić information content (AvgIpc) is 0.889. The number of aliphatic imine (C=N–C) groups is 1. The topological polar surface area (TPSA) is 672 Å². The first kappa shape index (κ1) is 126. The quantitative estimate of drug-likeness (QED) is 0.00598. The Balaban J connectivity index is 0.000000795. The molecule has 0 radical (unpaired) electrons. The Hall–Kier alpha value is -11.5. The lowest BCUT2D eigenvalue weighted by molar-refractivity contribution is -0.145. The molecule has 2 unspecified atom stereocenters. The number of carbonyl (C=O) groups excluding carboxylic acids is 6. The number of aliphatic hydroxyl groups is 1. The van der Waals surface area contributed by atoms with Gasteiger partial charge < -0.3 is 53.8 Å². The number of aromatic carboxylic acids is 1. The fraction of sp³-hybridized carbons (Fsp3) is 0.236. The second-order valence-electron chi connectivity index (χ2n) is 27.4. The Morgan fingerprint density at radius 1 is 0.493 bits per heavy atom. The molecule has 1 aliphatic rings. The van der Waals surface area contributed by atoms with Gasteiger partial charge in [-0.1, -0.05) is 124 Å². The number of halogens is 5. The van der Waals surface area contributed by atoms with Gasteiger partial charge in [0.25, 0.3) is 5.91 Å². The van der Waals surface area contributed by atoms with Gasteiger partial charge in [-0.25, -0.2) is 82.8 Å². The molecule has 0 saturated carbocycles. The number of benzene rings is 10. The molecule has 1 amide bonds. The number of amides is 1. The van der Waals surface area contributed by atoms with Gasteiger partial charge in [0, 0.05) is 63.6 Å². The predicted molar refractivity (Wildman–Crippen MR) is 528 cm³/mol. The van der Waals surface area contributed by atoms with E-state index in [1.165, 1.54) is 165 Å². The van der Waals surface area contributed by atoms with Gasteiger partial charge in [0.1, 0.15) is 58.8 Å². The van der Waals surface area contributed by atoms with Crippen molar-refractivity contribution >= 4 is 166 Å². The Labute approximate surface area is 836 Å². The minimum absolute atomic E-state index is 0.00750. The number of aldehydes is 1. The van der Waals surface area contributed by atoms with Crippen LogP contribution in [0.2, 0.25) is 25.1 Å². The van der Waals surface area contributed by atoms with Crippen LogP contribution in [-0.4, -0.2) is 192 Å². The van der Waals surface area contributed by atoms with Crippen LogP contribution < -0.4 is 66.0 Å². The average molecular weight is 2170 g/mol. The number of methoxy groups -OCH3 is 5. The number of ether oxygens (including phenoxy) is 8. The van der Waals surface area contributed by atoms with Gasteiger partial charge in [-0.05, 0) is 216 Å². The zero-order chi connectivity index (χ0) is 107. The van der Waals surface area contributed by atoms with Crippen LogP contribution in [0.5, 0.6) is 28.7 Å². The van der Waals surface area contributed by atoms with Gasteiger partial charge in [-0.2, -0.15) is 8.42 Å². The van der Waals surface area contributed by atoms with Crippen LogP contribution in [0, 0.1) is 6.92 Å². The van der Waals surface area contributed by atoms with E-state index >= 15 is 0 Å². The highest BCUT2D eigenvalue weighted by atomic mass is 35.5. The van der Waals surface area contributed by atoms with Crippen molar-refractivity contribution in [1.82, 2.24) is 10.9 Å². The van der Waals surface area contributed by atoms with Crippen molar-refractivity contribution in [3.05, 3.63) is 293 Å². The van der Waals surface area contributed by atoms with E-state index in [0.29, 0.717) is 118 Å². The molecule has 40 nitrogen and oxygen atoms in total. The molecule has 764 valence electrons. The summed E-state index contributed by atoms with van der Waals surface area (Å²) >= 11 is 28.9. The molecule has 0 spiro atoms. The first-order chi connectivity index (χ1) is 65.3. The molecular formula is C89H106Cl5N9O31S6. The van der Waals surface area contributed by atoms with Crippen molar-refractivity contribution in [1.29, 1.82) is 0 Å². The Morgan fingerprint density at radius 2 is 0.814 bits per heavy atom. The summed E-state index contributed by atoms with van der Waals surface area (Å²) in [5.41, 5.74) is 15.6. The number of aryl methyl sites for hydroxylation is 1. The largest absolute Gasteiger partial charge is 0.496 e. The van der Waals surface area contributed by atoms with Gasteiger partial charge in [0.2, 0.25) is 50.1 Å². The Bertz CT molecular complexity index is 6480. The van der Waals surface area contributed by atoms with Crippen molar-refractivity contribution in [2.24, 2.45) is 36.4 Å². The number of ketones is 2. The molecule has 51 heteroatoms. The molecule has 10 aromatic rings. The normalized spacial score (nSPS) is 12.0. The number of primary sulfonamides is 5. The molecule has 1 fully saturated rings. The van der Waals surface area contributed by atoms with Crippen LogP contribution in [0.4, 0.5) is 0 Å². The molecule has 1 aliphatic heterocycles. The summed E-state index contributed by atoms with van der Waals surface area (Å²) in [6.45, 7) is 12.2. The van der Waals surface area contributed by atoms with Crippen LogP contribution in [0.25, 0.3) is 0 Å². The maximum Gasteiger partial charge on any atom is 0.394 e. The van der Waals surface area contributed by atoms with Crippen LogP contribution in [-0.2, 0) is 86.1 Å². The number of rotatable bonds is 26. The van der Waals surface area contributed by atoms with Crippen LogP contribution in [0.3, 0.4) is 0 Å². The minimum atomic E-state index is -4.67. The summed E-state index contributed by atoms with van der Waals surface area (Å²) in [6.07, 6.45) is 4.77. The predicted octanol–water partition coefficient (Wildman–Crippen LogP) is 12.1. The molecule has 140 heavy (non-hydrogen) atoms. The molecule has 0 bridgehead atoms. The molecule has 1 heterocycles. The number of esters is 2. The highest BCUT2D eigenvalue weighted by Crippen LogP contribution is 2.29. The van der Waals surface area contributed by atoms with Crippen LogP contribution in [0.1, 0.15) is 138 Å². The van der Waals surface area contributed by atoms with E-state index in [1.807, 2.05) is 6.92 Å². The highest BCUT2D eigenvalue weighted by Gasteiger charge is 2.20. The van der Waals surface area contributed by atoms with Gasteiger partial charge in [0.15, 0.2) is 11.6 Å². The van der Waals surface area contributed by atoms with E-state index in [4.69, 9.17) is 155 Å². The van der Waals surface area contributed by atoms with E-state index in [9.17, 15) is 75.7 Å². The molecule has 2 atom stereocenters. The van der Waals surface area contributed by atoms with Crippen LogP contribution in [0.15, 0.2) is 242 Å². The van der Waals surface area contributed by atoms with Crippen molar-refractivity contribution in [3.63, 3.8) is 0 Å². The SMILES string of the molecule is CC(=O)OC(C)c1ccc(S(N)(=O)=O)cc1.CC1CCCO1.CCO.CCOC(=O)c1cc(Cl)ccc1OC.COc1ccc(Cl)cc1C(=O)CN.COc1ccc(Cl)cc1C(=O)CN=Cc1ccc(S(N)(=O)=O)cc1.COc1ccc(Cl)cc1C(=O)NNCc1ccc(S(N)(=O)=O)cc1.COc1ccc(Cl)cc1C(=O)O.Cc1ccc(S(N)(=O)=O)cc1.NS(=O)(=O)c1ccc(C=O)cc1.O=S(=O)(O)O. The second-order valence-corrected chi connectivity index (χ2v) is 38.3. The third-order valence-electron chi connectivity index (χ3n) is 16.9. The number of nitrogens with one attached hydrogen (secondary N) is 2. The lowest BCUT2D eigenvalue weighted by Gasteiger charge is -2.12. The lowest BCUT2D eigenvalue weighted by atomic mass is 10.1. The highest BCUT2D eigenvalue weighted by molar-refractivity contribution is 7.90. The molecule has 0 aromatic heterocycles. The summed E-state index contributed by atoms with van der Waals surface area (Å²) in [5, 5.41) is 43.2. The molecule has 1 saturated heterocycles. The third-order valence-corrected chi connectivity index (χ3v) is 22.7. The molecular weight excluding hydrogens is 2060 g/mol. The van der Waals surface area contributed by atoms with Gasteiger partial charge in [0.05, 0.1) is 96.0 Å². The second kappa shape index (κ2) is 63.3. The van der Waals surface area contributed by atoms with Crippen molar-refractivity contribution in [3.8, 4) is 28.7 Å². The first-order valence-electron chi connectivity index (χ1n) is 39.8. The molecule has 18 N–H and O–H groups in total. The summed E-state index contributed by atoms with van der Waals surface area (Å²) in [5.74, 6) is -0.584. The fourth-order valence-electron chi connectivity index (χ4n) is 10.3. The summed E-state index contributed by atoms with van der Waals surface area (Å²) in [4.78, 5) is 82.8. The smallest absolute Gasteiger partial charge is 0.394 e. The van der Waals surface area contributed by atoms with Crippen LogP contribution >= 0.6 is 58.0 Å². The number of carboxylic acids is 1. The number of nitrogens with zero attached hydrogens (tertiary/aromatic N) is 1. The number of aliphatic hydroxyl groups excluding tert-OH is 1. The van der Waals surface area contributed by atoms with E-state index in [1.54, 1.807) is 130 Å². The van der Waals surface area contributed by atoms with Gasteiger partial charge in [-0.15, -0.1) is 0 Å². The van der Waals surface area contributed by atoms with Crippen molar-refractivity contribution < 1.29 is 141 Å². The number of sulfonamides is 5. The number of carbonyl (C=O) groups is 7. The standard InChI is InChI=1S/C16H15ClN2O4S.C15H16ClN3O4S.C10H11ClO3.C10H13NO4S.C9H10ClNO2.C8H7ClO3.C7H7NO3S.C7H9NO2S.C5H10O.C2H6O.H2O4S/c1-23-16-7-4-12(17)8-14(16)15(20)10-19-9-11-2-5-13(6-3-11)24(18,21)22;1-23-14-7-4-11(16)8-13(14)15(20)19-18-9-10-2-5-12(6-3-10)24(17,21)22;1-3-14-10(12)8-6-7(11)4-5-9(8)13-2;1-7(15-8(2)12)9-3-5-10(6-4-9)16(11,13)14;1-13-9-3-2-6(10)4-7(9)8(12)5-11;1-12-7-3-2-5(9)4-6(7)8(10)11;8-12(10,11)7-3-1-6(5-9)2-4-7;1-6-2-4-7(5-3-6)11(8,9)10;1-5-3-2-4-6-5;1-2-3;1-5(2,3)4/h2-9H,10H2,1H3,(H2,18,21,22);2-8,18H,9H2,1H3,(H,19,20)(H2,17,21,22);4-6H,3H2,1-2H3;3-7H,1-2H3,(H2,11,13,14);2-4H,5,11H2,1H3;2-4H,1H3,(H,10,11);1-5H,(H2,8,10,11);2-5H,1H3,(H2,8,9,10);5H,2-4H2,1H3;3H,2H2,1H3;(H2,1,2,3,4). The number of Topliss-reactive ketones (excluding diaryl/α,β-unsaturated/α-hetero) is 2. The summed E-state index contributed by atoms with van der Waals surface area (Å²) in [6, 6.07) is 53.1. The van der Waals surface area contributed by atoms with Gasteiger partial charge >= 0.3 is 28.3 Å². The van der Waals surface area contributed by atoms with E-state index in [-0.39, 0.29) is 67.3 Å². The fourth-order valence-corrected chi connectivity index (χ4v) is 13.7. The monoisotopic (exact) mass is 2160 g/mol. The van der Waals surface area contributed by atoms with E-state index in [0.717, 1.165) is 17.7 Å². The lowest BCUT2D eigenvalue weighted by Crippen LogP contribution is -2.37. The number of nitrogens with two attached hydrogens (primary N) is 6. The zero-order valence-corrected chi connectivity index (χ0v) is 85.4. The third kappa shape index (κ3) is 51.1. The van der Waals surface area contributed by atoms with Gasteiger partial charge in [-0.3, -0.25) is 43.5 Å². The number of hydrogen-bond donors (Lipinski definition) is 12. The Kier molecular flexibility index (Phi) is 57.2. The number of carboxylic acid groups (broad SMARTS) is 1. The summed E-state index contributed by atoms with van der Waals surface area (Å²) < 4.78 is 181. The van der Waals surface area contributed by atoms with E-state index < -0.39 is 84.5 Å². The molecule has 11 rings (SSSR count). The van der Waals surface area contributed by atoms with Crippen molar-refractivity contribution in [2.45, 2.75) is 97.6 Å². The number of hydrogen-bond acceptors (Lipinski definition) is 31. The first-order valence-corrected chi connectivity index (χ1v) is 50.8. The Morgan fingerprint density at radius 3 is 1.14 bits per heavy atom. The number of hydrazine groups is 1. The minimum Gasteiger partial charge on any atom is -0.496 e. The maximum atomic E-state index is 12.2.